The number of H-pyrrole nitrogens is 1. The first-order valence-electron chi connectivity index (χ1n) is 11.0. The number of nitrogens with one attached hydrogen (secondary N) is 2. The maximum absolute atomic E-state index is 13.8. The number of fused-ring (bicyclic) bond motifs is 2. The van der Waals surface area contributed by atoms with Gasteiger partial charge < -0.3 is 10.3 Å². The lowest BCUT2D eigenvalue weighted by Gasteiger charge is -2.33. The number of rotatable bonds is 4. The number of aromatic nitrogens is 1. The van der Waals surface area contributed by atoms with Gasteiger partial charge in [-0.05, 0) is 48.4 Å². The van der Waals surface area contributed by atoms with E-state index in [2.05, 4.69) is 39.5 Å². The molecule has 1 aliphatic heterocycles. The van der Waals surface area contributed by atoms with Crippen molar-refractivity contribution in [1.82, 2.24) is 15.2 Å². The van der Waals surface area contributed by atoms with Gasteiger partial charge in [-0.2, -0.15) is 0 Å². The summed E-state index contributed by atoms with van der Waals surface area (Å²) in [5.41, 5.74) is 1.65. The van der Waals surface area contributed by atoms with E-state index in [1.165, 1.54) is 36.2 Å². The van der Waals surface area contributed by atoms with Crippen LogP contribution in [0.5, 0.6) is 0 Å². The summed E-state index contributed by atoms with van der Waals surface area (Å²) in [5, 5.41) is 3.62. The van der Waals surface area contributed by atoms with Gasteiger partial charge in [0.15, 0.2) is 0 Å². The van der Waals surface area contributed by atoms with E-state index in [9.17, 15) is 14.0 Å². The van der Waals surface area contributed by atoms with E-state index < -0.39 is 5.82 Å². The molecule has 3 unspecified atom stereocenters. The Kier molecular flexibility index (Phi) is 5.32. The molecule has 0 spiro atoms. The molecule has 2 aliphatic rings. The number of carbonyl (C=O) groups excluding carboxylic acids is 1. The number of hydrogen-bond acceptors (Lipinski definition) is 3. The van der Waals surface area contributed by atoms with Crippen LogP contribution in [0, 0.1) is 17.7 Å². The molecule has 1 amide bonds. The molecule has 2 N–H and O–H groups in total. The highest BCUT2D eigenvalue weighted by molar-refractivity contribution is 6.06. The topological polar surface area (TPSA) is 65.2 Å². The summed E-state index contributed by atoms with van der Waals surface area (Å²) in [6.45, 7) is 2.92. The van der Waals surface area contributed by atoms with Gasteiger partial charge in [-0.1, -0.05) is 36.8 Å². The maximum Gasteiger partial charge on any atom is 0.252 e. The quantitative estimate of drug-likeness (QED) is 0.678. The molecule has 1 saturated carbocycles. The minimum atomic E-state index is -0.432. The van der Waals surface area contributed by atoms with Gasteiger partial charge in [0.2, 0.25) is 5.56 Å². The van der Waals surface area contributed by atoms with Gasteiger partial charge in [-0.3, -0.25) is 14.5 Å². The highest BCUT2D eigenvalue weighted by Gasteiger charge is 2.40. The third kappa shape index (κ3) is 4.12. The van der Waals surface area contributed by atoms with Crippen LogP contribution in [0.2, 0.25) is 0 Å². The molecule has 6 heteroatoms. The largest absolute Gasteiger partial charge is 0.349 e. The first-order chi connectivity index (χ1) is 15.1. The van der Waals surface area contributed by atoms with Crippen LogP contribution < -0.4 is 10.9 Å². The summed E-state index contributed by atoms with van der Waals surface area (Å²) in [6, 6.07) is 15.9. The smallest absolute Gasteiger partial charge is 0.252 e. The normalized spacial score (nSPS) is 23.6. The number of likely N-dealkylation sites (tertiary alicyclic amines) is 1. The van der Waals surface area contributed by atoms with Crippen molar-refractivity contribution in [2.24, 2.45) is 11.8 Å². The number of pyridine rings is 1. The van der Waals surface area contributed by atoms with Crippen molar-refractivity contribution >= 4 is 16.8 Å². The van der Waals surface area contributed by atoms with Crippen molar-refractivity contribution in [1.29, 1.82) is 0 Å². The molecule has 1 saturated heterocycles. The minimum Gasteiger partial charge on any atom is -0.349 e. The van der Waals surface area contributed by atoms with Crippen LogP contribution in [-0.2, 0) is 6.54 Å². The van der Waals surface area contributed by atoms with E-state index in [-0.39, 0.29) is 23.1 Å². The SMILES string of the molecule is O=C(NC1CCCC2CN(Cc3ccccc3)CC21)c1cc(=O)[nH]c2ccc(F)cc12. The molecule has 0 radical (unpaired) electrons. The Balaban J connectivity index is 1.34. The van der Waals surface area contributed by atoms with Crippen molar-refractivity contribution in [3.8, 4) is 0 Å². The van der Waals surface area contributed by atoms with Crippen molar-refractivity contribution in [2.45, 2.75) is 31.8 Å². The monoisotopic (exact) mass is 419 g/mol. The summed E-state index contributed by atoms with van der Waals surface area (Å²) in [7, 11) is 0. The molecular formula is C25H26FN3O2. The standard InChI is InChI=1S/C25H26FN3O2/c26-18-9-10-23-19(11-18)20(12-24(30)27-23)25(31)28-22-8-4-7-17-14-29(15-21(17)22)13-16-5-2-1-3-6-16/h1-3,5-6,9-12,17,21-22H,4,7-8,13-15H2,(H,27,30)(H,28,31). The Morgan fingerprint density at radius 2 is 1.94 bits per heavy atom. The highest BCUT2D eigenvalue weighted by atomic mass is 19.1. The maximum atomic E-state index is 13.8. The van der Waals surface area contributed by atoms with Crippen LogP contribution >= 0.6 is 0 Å². The molecular weight excluding hydrogens is 393 g/mol. The predicted octanol–water partition coefficient (Wildman–Crippen LogP) is 3.70. The average molecular weight is 420 g/mol. The molecule has 1 aliphatic carbocycles. The zero-order valence-corrected chi connectivity index (χ0v) is 17.3. The molecule has 2 fully saturated rings. The van der Waals surface area contributed by atoms with Gasteiger partial charge in [0.1, 0.15) is 5.82 Å². The van der Waals surface area contributed by atoms with Crippen LogP contribution in [0.15, 0.2) is 59.4 Å². The Bertz CT molecular complexity index is 1160. The van der Waals surface area contributed by atoms with Crippen LogP contribution in [0.4, 0.5) is 4.39 Å². The zero-order chi connectivity index (χ0) is 21.4. The second kappa shape index (κ2) is 8.27. The van der Waals surface area contributed by atoms with Gasteiger partial charge in [-0.25, -0.2) is 4.39 Å². The number of amides is 1. The highest BCUT2D eigenvalue weighted by Crippen LogP contribution is 2.37. The van der Waals surface area contributed by atoms with E-state index in [0.717, 1.165) is 32.5 Å². The van der Waals surface area contributed by atoms with Gasteiger partial charge in [0.25, 0.3) is 5.91 Å². The Hall–Kier alpha value is -2.99. The van der Waals surface area contributed by atoms with E-state index in [0.29, 0.717) is 22.7 Å². The minimum absolute atomic E-state index is 0.0647. The van der Waals surface area contributed by atoms with E-state index >= 15 is 0 Å². The second-order valence-electron chi connectivity index (χ2n) is 8.85. The fraction of sp³-hybridized carbons (Fsp3) is 0.360. The molecule has 31 heavy (non-hydrogen) atoms. The van der Waals surface area contributed by atoms with E-state index in [4.69, 9.17) is 0 Å². The molecule has 1 aromatic heterocycles. The van der Waals surface area contributed by atoms with Gasteiger partial charge >= 0.3 is 0 Å². The Morgan fingerprint density at radius 1 is 1.10 bits per heavy atom. The van der Waals surface area contributed by atoms with Gasteiger partial charge in [0.05, 0.1) is 5.56 Å². The van der Waals surface area contributed by atoms with E-state index in [1.807, 2.05) is 6.07 Å². The van der Waals surface area contributed by atoms with Crippen molar-refractivity contribution < 1.29 is 9.18 Å². The van der Waals surface area contributed by atoms with Crippen LogP contribution in [0.3, 0.4) is 0 Å². The lowest BCUT2D eigenvalue weighted by molar-refractivity contribution is 0.0897. The third-order valence-electron chi connectivity index (χ3n) is 6.79. The Morgan fingerprint density at radius 3 is 2.77 bits per heavy atom. The lowest BCUT2D eigenvalue weighted by Crippen LogP contribution is -2.45. The first kappa shape index (κ1) is 19.9. The van der Waals surface area contributed by atoms with Crippen molar-refractivity contribution in [3.63, 3.8) is 0 Å². The molecule has 0 bridgehead atoms. The average Bonchev–Trinajstić information content (AvgIpc) is 3.17. The number of benzene rings is 2. The number of aromatic amines is 1. The predicted molar refractivity (Wildman–Crippen MR) is 118 cm³/mol. The number of nitrogens with zero attached hydrogens (tertiary/aromatic N) is 1. The summed E-state index contributed by atoms with van der Waals surface area (Å²) in [4.78, 5) is 30.4. The summed E-state index contributed by atoms with van der Waals surface area (Å²) < 4.78 is 13.8. The third-order valence-corrected chi connectivity index (χ3v) is 6.79. The Labute approximate surface area is 180 Å². The lowest BCUT2D eigenvalue weighted by atomic mass is 9.78. The molecule has 2 aromatic carbocycles. The van der Waals surface area contributed by atoms with Crippen LogP contribution in [0.25, 0.3) is 10.9 Å². The van der Waals surface area contributed by atoms with Crippen LogP contribution in [-0.4, -0.2) is 34.9 Å². The number of halogens is 1. The first-order valence-corrected chi connectivity index (χ1v) is 11.0. The summed E-state index contributed by atoms with van der Waals surface area (Å²) in [6.07, 6.45) is 3.19. The van der Waals surface area contributed by atoms with E-state index in [1.54, 1.807) is 0 Å². The van der Waals surface area contributed by atoms with Gasteiger partial charge in [-0.15, -0.1) is 0 Å². The molecule has 2 heterocycles. The summed E-state index contributed by atoms with van der Waals surface area (Å²) in [5.74, 6) is 0.232. The number of hydrogen-bond donors (Lipinski definition) is 2. The second-order valence-corrected chi connectivity index (χ2v) is 8.85. The van der Waals surface area contributed by atoms with Crippen molar-refractivity contribution in [3.05, 3.63) is 81.9 Å². The number of carbonyl (C=O) groups is 1. The molecule has 5 rings (SSSR count). The van der Waals surface area contributed by atoms with Gasteiger partial charge in [0, 0.05) is 42.6 Å². The fourth-order valence-electron chi connectivity index (χ4n) is 5.37. The summed E-state index contributed by atoms with van der Waals surface area (Å²) >= 11 is 0. The molecule has 3 atom stereocenters. The van der Waals surface area contributed by atoms with Crippen molar-refractivity contribution in [2.75, 3.05) is 13.1 Å². The molecule has 3 aromatic rings. The molecule has 160 valence electrons. The fourth-order valence-corrected chi connectivity index (χ4v) is 5.37. The van der Waals surface area contributed by atoms with Crippen LogP contribution in [0.1, 0.15) is 35.2 Å². The zero-order valence-electron chi connectivity index (χ0n) is 17.3. The molecule has 5 nitrogen and oxygen atoms in total.